The van der Waals surface area contributed by atoms with E-state index in [2.05, 4.69) is 39.0 Å². The highest BCUT2D eigenvalue weighted by Crippen LogP contribution is 2.20. The van der Waals surface area contributed by atoms with E-state index in [0.29, 0.717) is 11.9 Å². The van der Waals surface area contributed by atoms with Crippen molar-refractivity contribution in [1.82, 2.24) is 19.9 Å². The summed E-state index contributed by atoms with van der Waals surface area (Å²) in [7, 11) is 0. The Hall–Kier alpha value is -2.23. The van der Waals surface area contributed by atoms with Crippen LogP contribution in [-0.4, -0.2) is 45.6 Å². The summed E-state index contributed by atoms with van der Waals surface area (Å²) >= 11 is 0. The second-order valence-corrected chi connectivity index (χ2v) is 6.97. The zero-order chi connectivity index (χ0) is 18.4. The van der Waals surface area contributed by atoms with E-state index >= 15 is 0 Å². The molecule has 1 fully saturated rings. The number of aromatic nitrogens is 2. The van der Waals surface area contributed by atoms with Crippen LogP contribution in [0.3, 0.4) is 0 Å². The molecule has 0 amide bonds. The Labute approximate surface area is 155 Å². The maximum absolute atomic E-state index is 9.07. The number of aryl methyl sites for hydroxylation is 1. The minimum absolute atomic E-state index is 0.550. The lowest BCUT2D eigenvalue weighted by molar-refractivity contribution is 0.170. The van der Waals surface area contributed by atoms with Gasteiger partial charge in [0.1, 0.15) is 0 Å². The van der Waals surface area contributed by atoms with E-state index in [1.54, 1.807) is 0 Å². The van der Waals surface area contributed by atoms with Gasteiger partial charge in [-0.05, 0) is 56.6 Å². The van der Waals surface area contributed by atoms with Crippen molar-refractivity contribution < 1.29 is 4.52 Å². The topological polar surface area (TPSA) is 69.2 Å². The Morgan fingerprint density at radius 1 is 1.35 bits per heavy atom. The standard InChI is InChI=1S/C20H27N5O/c1-3-25(15-20-22-16(2)26-23-20)19-8-5-10-24(11-9-19)14-18-7-4-6-17(12-18)13-21/h4,6-7,12,19H,3,5,8-11,14-15H2,1-2H3/t19-/m1/s1. The van der Waals surface area contributed by atoms with E-state index < -0.39 is 0 Å². The van der Waals surface area contributed by atoms with Gasteiger partial charge < -0.3 is 4.52 Å². The predicted octanol–water partition coefficient (Wildman–Crippen LogP) is 3.13. The molecule has 1 aromatic heterocycles. The lowest BCUT2D eigenvalue weighted by Gasteiger charge is -2.29. The molecule has 1 aromatic carbocycles. The van der Waals surface area contributed by atoms with Crippen LogP contribution in [0, 0.1) is 18.3 Å². The average Bonchev–Trinajstić information content (AvgIpc) is 2.93. The van der Waals surface area contributed by atoms with Crippen molar-refractivity contribution in [3.63, 3.8) is 0 Å². The zero-order valence-corrected chi connectivity index (χ0v) is 15.7. The third kappa shape index (κ3) is 4.90. The zero-order valence-electron chi connectivity index (χ0n) is 15.7. The van der Waals surface area contributed by atoms with E-state index in [0.717, 1.165) is 50.5 Å². The van der Waals surface area contributed by atoms with E-state index in [4.69, 9.17) is 9.78 Å². The molecule has 6 nitrogen and oxygen atoms in total. The molecule has 0 N–H and O–H groups in total. The maximum atomic E-state index is 9.07. The number of likely N-dealkylation sites (tertiary alicyclic amines) is 1. The van der Waals surface area contributed by atoms with Crippen LogP contribution in [0.2, 0.25) is 0 Å². The van der Waals surface area contributed by atoms with E-state index in [9.17, 15) is 0 Å². The van der Waals surface area contributed by atoms with Crippen molar-refractivity contribution in [1.29, 1.82) is 5.26 Å². The second kappa shape index (κ2) is 8.93. The first-order valence-corrected chi connectivity index (χ1v) is 9.42. The molecule has 0 aliphatic carbocycles. The molecule has 2 heterocycles. The van der Waals surface area contributed by atoms with Crippen molar-refractivity contribution in [2.24, 2.45) is 0 Å². The largest absolute Gasteiger partial charge is 0.340 e. The lowest BCUT2D eigenvalue weighted by Crippen LogP contribution is -2.36. The molecule has 0 bridgehead atoms. The van der Waals surface area contributed by atoms with Crippen LogP contribution in [0.5, 0.6) is 0 Å². The van der Waals surface area contributed by atoms with Crippen molar-refractivity contribution in [2.45, 2.75) is 52.2 Å². The van der Waals surface area contributed by atoms with Gasteiger partial charge in [-0.2, -0.15) is 10.2 Å². The van der Waals surface area contributed by atoms with Crippen LogP contribution in [0.15, 0.2) is 28.8 Å². The predicted molar refractivity (Wildman–Crippen MR) is 99.2 cm³/mol. The monoisotopic (exact) mass is 353 g/mol. The molecule has 138 valence electrons. The Morgan fingerprint density at radius 2 is 2.23 bits per heavy atom. The summed E-state index contributed by atoms with van der Waals surface area (Å²) < 4.78 is 5.11. The number of nitrogens with zero attached hydrogens (tertiary/aromatic N) is 5. The van der Waals surface area contributed by atoms with Gasteiger partial charge in [-0.3, -0.25) is 9.80 Å². The molecule has 1 saturated heterocycles. The van der Waals surface area contributed by atoms with E-state index in [1.807, 2.05) is 25.1 Å². The smallest absolute Gasteiger partial charge is 0.223 e. The van der Waals surface area contributed by atoms with E-state index in [-0.39, 0.29) is 0 Å². The SMILES string of the molecule is CCN(Cc1noc(C)n1)[C@@H]1CCCN(Cc2cccc(C#N)c2)CC1. The molecule has 2 aromatic rings. The van der Waals surface area contributed by atoms with Crippen LogP contribution < -0.4 is 0 Å². The summed E-state index contributed by atoms with van der Waals surface area (Å²) in [6.45, 7) is 8.86. The Balaban J connectivity index is 1.57. The molecule has 1 atom stereocenters. The molecular formula is C20H27N5O. The van der Waals surface area contributed by atoms with Crippen LogP contribution in [0.25, 0.3) is 0 Å². The summed E-state index contributed by atoms with van der Waals surface area (Å²) in [5, 5.41) is 13.1. The lowest BCUT2D eigenvalue weighted by atomic mass is 10.1. The summed E-state index contributed by atoms with van der Waals surface area (Å²) in [6.07, 6.45) is 3.52. The van der Waals surface area contributed by atoms with Crippen LogP contribution >= 0.6 is 0 Å². The first-order chi connectivity index (χ1) is 12.7. The molecule has 3 rings (SSSR count). The third-order valence-electron chi connectivity index (χ3n) is 5.09. The molecule has 26 heavy (non-hydrogen) atoms. The van der Waals surface area contributed by atoms with E-state index in [1.165, 1.54) is 18.4 Å². The summed E-state index contributed by atoms with van der Waals surface area (Å²) in [5.74, 6) is 1.40. The normalized spacial score (nSPS) is 18.6. The number of nitriles is 1. The number of benzene rings is 1. The molecule has 0 spiro atoms. The van der Waals surface area contributed by atoms with Crippen molar-refractivity contribution >= 4 is 0 Å². The molecule has 1 aliphatic rings. The minimum Gasteiger partial charge on any atom is -0.340 e. The van der Waals surface area contributed by atoms with Crippen LogP contribution in [-0.2, 0) is 13.1 Å². The molecular weight excluding hydrogens is 326 g/mol. The van der Waals surface area contributed by atoms with Crippen LogP contribution in [0.4, 0.5) is 0 Å². The third-order valence-corrected chi connectivity index (χ3v) is 5.09. The summed E-state index contributed by atoms with van der Waals surface area (Å²) in [4.78, 5) is 9.31. The summed E-state index contributed by atoms with van der Waals surface area (Å²) in [5.41, 5.74) is 1.96. The molecule has 0 saturated carbocycles. The van der Waals surface area contributed by atoms with Crippen molar-refractivity contribution in [3.05, 3.63) is 47.1 Å². The number of rotatable bonds is 6. The Kier molecular flexibility index (Phi) is 6.37. The van der Waals surface area contributed by atoms with Gasteiger partial charge in [-0.25, -0.2) is 0 Å². The number of hydrogen-bond acceptors (Lipinski definition) is 6. The molecule has 6 heteroatoms. The van der Waals surface area contributed by atoms with Gasteiger partial charge in [0.05, 0.1) is 18.2 Å². The first kappa shape index (κ1) is 18.6. The summed E-state index contributed by atoms with van der Waals surface area (Å²) in [6, 6.07) is 10.7. The minimum atomic E-state index is 0.550. The first-order valence-electron chi connectivity index (χ1n) is 9.42. The van der Waals surface area contributed by atoms with Gasteiger partial charge in [0.2, 0.25) is 5.89 Å². The van der Waals surface area contributed by atoms with Gasteiger partial charge >= 0.3 is 0 Å². The highest BCUT2D eigenvalue weighted by molar-refractivity contribution is 5.32. The van der Waals surface area contributed by atoms with Crippen molar-refractivity contribution in [3.8, 4) is 6.07 Å². The highest BCUT2D eigenvalue weighted by Gasteiger charge is 2.23. The molecule has 1 aliphatic heterocycles. The van der Waals surface area contributed by atoms with Crippen LogP contribution in [0.1, 0.15) is 49.0 Å². The Morgan fingerprint density at radius 3 is 2.96 bits per heavy atom. The quantitative estimate of drug-likeness (QED) is 0.795. The van der Waals surface area contributed by atoms with Gasteiger partial charge in [-0.1, -0.05) is 24.2 Å². The number of hydrogen-bond donors (Lipinski definition) is 0. The van der Waals surface area contributed by atoms with Gasteiger partial charge in [0, 0.05) is 19.5 Å². The maximum Gasteiger partial charge on any atom is 0.223 e. The average molecular weight is 353 g/mol. The van der Waals surface area contributed by atoms with Gasteiger partial charge in [-0.15, -0.1) is 0 Å². The fourth-order valence-electron chi connectivity index (χ4n) is 3.75. The molecule has 0 unspecified atom stereocenters. The molecule has 0 radical (unpaired) electrons. The van der Waals surface area contributed by atoms with Crippen molar-refractivity contribution in [2.75, 3.05) is 19.6 Å². The second-order valence-electron chi connectivity index (χ2n) is 6.97. The highest BCUT2D eigenvalue weighted by atomic mass is 16.5. The Bertz CT molecular complexity index is 751. The fourth-order valence-corrected chi connectivity index (χ4v) is 3.75. The van der Waals surface area contributed by atoms with Gasteiger partial charge in [0.15, 0.2) is 5.82 Å². The fraction of sp³-hybridized carbons (Fsp3) is 0.550. The van der Waals surface area contributed by atoms with Gasteiger partial charge in [0.25, 0.3) is 0 Å².